The Kier molecular flexibility index (Phi) is 6.49. The molecule has 1 aliphatic carbocycles. The number of ether oxygens (including phenoxy) is 1. The van der Waals surface area contributed by atoms with Gasteiger partial charge in [-0.25, -0.2) is 0 Å². The van der Waals surface area contributed by atoms with Crippen molar-refractivity contribution in [1.82, 2.24) is 15.5 Å². The molecule has 3 aliphatic heterocycles. The van der Waals surface area contributed by atoms with E-state index in [1.807, 2.05) is 12.2 Å². The standard InChI is InChI=1S/C27H36N4O3/c1-27(2)17-25(32)29-23-7-6-20(16-22(23)27)28-26(33)21-15-19(18-30-11-13-34-14-12-30)5-8-24(21)31-9-3-4-10-31/h5-8,15,22H,3-4,9-14,16-18H2,1-2H3,(H,28,33)(H,29,32). The lowest BCUT2D eigenvalue weighted by Gasteiger charge is -2.41. The Morgan fingerprint density at radius 2 is 1.91 bits per heavy atom. The van der Waals surface area contributed by atoms with Crippen molar-refractivity contribution in [3.63, 3.8) is 0 Å². The molecule has 0 radical (unpaired) electrons. The lowest BCUT2D eigenvalue weighted by atomic mass is 9.68. The first-order chi connectivity index (χ1) is 16.4. The smallest absolute Gasteiger partial charge is 0.257 e. The first kappa shape index (κ1) is 23.1. The highest BCUT2D eigenvalue weighted by molar-refractivity contribution is 6.01. The van der Waals surface area contributed by atoms with Crippen molar-refractivity contribution >= 4 is 17.5 Å². The highest BCUT2D eigenvalue weighted by Crippen LogP contribution is 2.43. The van der Waals surface area contributed by atoms with Crippen LogP contribution in [-0.4, -0.2) is 56.1 Å². The number of carbonyl (C=O) groups is 2. The average Bonchev–Trinajstić information content (AvgIpc) is 3.34. The number of rotatable bonds is 5. The lowest BCUT2D eigenvalue weighted by molar-refractivity contribution is -0.125. The summed E-state index contributed by atoms with van der Waals surface area (Å²) in [6.07, 6.45) is 7.45. The Morgan fingerprint density at radius 1 is 1.15 bits per heavy atom. The summed E-state index contributed by atoms with van der Waals surface area (Å²) >= 11 is 0. The van der Waals surface area contributed by atoms with E-state index in [4.69, 9.17) is 4.74 Å². The van der Waals surface area contributed by atoms with E-state index < -0.39 is 0 Å². The maximum atomic E-state index is 13.6. The van der Waals surface area contributed by atoms with Crippen LogP contribution in [0.4, 0.5) is 5.69 Å². The summed E-state index contributed by atoms with van der Waals surface area (Å²) < 4.78 is 5.48. The summed E-state index contributed by atoms with van der Waals surface area (Å²) in [6.45, 7) is 10.5. The van der Waals surface area contributed by atoms with E-state index in [-0.39, 0.29) is 23.1 Å². The zero-order valence-corrected chi connectivity index (χ0v) is 20.4. The van der Waals surface area contributed by atoms with Gasteiger partial charge in [0.1, 0.15) is 0 Å². The van der Waals surface area contributed by atoms with Gasteiger partial charge >= 0.3 is 0 Å². The molecule has 5 rings (SSSR count). The molecular weight excluding hydrogens is 428 g/mol. The van der Waals surface area contributed by atoms with Crippen molar-refractivity contribution in [2.24, 2.45) is 11.3 Å². The minimum absolute atomic E-state index is 0.0496. The van der Waals surface area contributed by atoms with Gasteiger partial charge in [0.15, 0.2) is 0 Å². The Bertz CT molecular complexity index is 1020. The van der Waals surface area contributed by atoms with Gasteiger partial charge in [0, 0.05) is 62.1 Å². The molecule has 0 aromatic heterocycles. The van der Waals surface area contributed by atoms with Crippen LogP contribution in [0.3, 0.4) is 0 Å². The predicted octanol–water partition coefficient (Wildman–Crippen LogP) is 3.18. The number of anilines is 1. The van der Waals surface area contributed by atoms with Crippen LogP contribution in [-0.2, 0) is 16.1 Å². The molecule has 1 aromatic rings. The van der Waals surface area contributed by atoms with Crippen molar-refractivity contribution in [2.45, 2.75) is 46.1 Å². The first-order valence-electron chi connectivity index (χ1n) is 12.6. The molecule has 3 heterocycles. The largest absolute Gasteiger partial charge is 0.379 e. The highest BCUT2D eigenvalue weighted by Gasteiger charge is 2.40. The minimum atomic E-state index is -0.142. The Hall–Kier alpha value is -2.64. The monoisotopic (exact) mass is 464 g/mol. The Labute approximate surface area is 202 Å². The second-order valence-electron chi connectivity index (χ2n) is 10.7. The number of benzene rings is 1. The summed E-state index contributed by atoms with van der Waals surface area (Å²) in [6, 6.07) is 6.37. The van der Waals surface area contributed by atoms with E-state index in [9.17, 15) is 9.59 Å². The molecule has 1 aromatic carbocycles. The fourth-order valence-electron chi connectivity index (χ4n) is 5.69. The number of morpholine rings is 1. The number of carbonyl (C=O) groups excluding carboxylic acids is 2. The third-order valence-corrected chi connectivity index (χ3v) is 7.64. The summed E-state index contributed by atoms with van der Waals surface area (Å²) in [4.78, 5) is 30.4. The van der Waals surface area contributed by atoms with Gasteiger partial charge in [0.2, 0.25) is 5.91 Å². The molecule has 34 heavy (non-hydrogen) atoms. The quantitative estimate of drug-likeness (QED) is 0.700. The van der Waals surface area contributed by atoms with Crippen LogP contribution in [0.2, 0.25) is 0 Å². The second kappa shape index (κ2) is 9.55. The molecular formula is C27H36N4O3. The third-order valence-electron chi connectivity index (χ3n) is 7.64. The van der Waals surface area contributed by atoms with Gasteiger partial charge in [-0.15, -0.1) is 0 Å². The number of nitrogens with one attached hydrogen (secondary N) is 2. The van der Waals surface area contributed by atoms with E-state index >= 15 is 0 Å². The molecule has 0 bridgehead atoms. The highest BCUT2D eigenvalue weighted by atomic mass is 16.5. The summed E-state index contributed by atoms with van der Waals surface area (Å²) in [5.41, 5.74) is 4.67. The van der Waals surface area contributed by atoms with E-state index in [0.717, 1.165) is 93.4 Å². The van der Waals surface area contributed by atoms with Crippen molar-refractivity contribution < 1.29 is 14.3 Å². The van der Waals surface area contributed by atoms with Gasteiger partial charge in [-0.1, -0.05) is 19.9 Å². The maximum absolute atomic E-state index is 13.6. The lowest BCUT2D eigenvalue weighted by Crippen LogP contribution is -2.45. The van der Waals surface area contributed by atoms with Crippen molar-refractivity contribution in [3.05, 3.63) is 52.9 Å². The molecule has 2 N–H and O–H groups in total. The molecule has 7 nitrogen and oxygen atoms in total. The van der Waals surface area contributed by atoms with Crippen LogP contribution in [0.5, 0.6) is 0 Å². The van der Waals surface area contributed by atoms with Crippen LogP contribution in [0.1, 0.15) is 55.5 Å². The number of piperidine rings is 1. The van der Waals surface area contributed by atoms with Gasteiger partial charge in [-0.3, -0.25) is 14.5 Å². The molecule has 4 aliphatic rings. The van der Waals surface area contributed by atoms with E-state index in [1.54, 1.807) is 0 Å². The van der Waals surface area contributed by atoms with Crippen molar-refractivity contribution in [1.29, 1.82) is 0 Å². The number of fused-ring (bicyclic) bond motifs is 1. The zero-order valence-electron chi connectivity index (χ0n) is 20.4. The minimum Gasteiger partial charge on any atom is -0.379 e. The summed E-state index contributed by atoms with van der Waals surface area (Å²) in [5, 5.41) is 6.23. The molecule has 1 unspecified atom stereocenters. The molecule has 7 heteroatoms. The number of nitrogens with zero attached hydrogens (tertiary/aromatic N) is 2. The third kappa shape index (κ3) is 4.91. The molecule has 3 saturated heterocycles. The first-order valence-corrected chi connectivity index (χ1v) is 12.6. The fraction of sp³-hybridized carbons (Fsp3) is 0.556. The molecule has 1 atom stereocenters. The number of hydrogen-bond donors (Lipinski definition) is 2. The van der Waals surface area contributed by atoms with E-state index in [0.29, 0.717) is 6.42 Å². The number of allylic oxidation sites excluding steroid dienone is 4. The molecule has 3 fully saturated rings. The van der Waals surface area contributed by atoms with E-state index in [1.165, 1.54) is 0 Å². The van der Waals surface area contributed by atoms with Gasteiger partial charge in [-0.05, 0) is 54.5 Å². The Balaban J connectivity index is 1.37. The zero-order chi connectivity index (χ0) is 23.7. The Morgan fingerprint density at radius 3 is 2.68 bits per heavy atom. The molecule has 182 valence electrons. The van der Waals surface area contributed by atoms with Gasteiger partial charge < -0.3 is 20.3 Å². The number of amides is 2. The fourth-order valence-corrected chi connectivity index (χ4v) is 5.69. The van der Waals surface area contributed by atoms with Crippen LogP contribution < -0.4 is 15.5 Å². The van der Waals surface area contributed by atoms with Crippen molar-refractivity contribution in [2.75, 3.05) is 44.3 Å². The van der Waals surface area contributed by atoms with Gasteiger partial charge in [0.25, 0.3) is 5.91 Å². The van der Waals surface area contributed by atoms with Gasteiger partial charge in [-0.2, -0.15) is 0 Å². The maximum Gasteiger partial charge on any atom is 0.257 e. The average molecular weight is 465 g/mol. The second-order valence-corrected chi connectivity index (χ2v) is 10.7. The van der Waals surface area contributed by atoms with Gasteiger partial charge in [0.05, 0.1) is 18.8 Å². The van der Waals surface area contributed by atoms with Crippen LogP contribution in [0, 0.1) is 11.3 Å². The topological polar surface area (TPSA) is 73.9 Å². The molecule has 0 spiro atoms. The number of hydrogen-bond acceptors (Lipinski definition) is 5. The predicted molar refractivity (Wildman–Crippen MR) is 132 cm³/mol. The summed E-state index contributed by atoms with van der Waals surface area (Å²) in [5.74, 6) is 0.211. The van der Waals surface area contributed by atoms with Crippen LogP contribution in [0.15, 0.2) is 41.7 Å². The molecule has 2 amide bonds. The van der Waals surface area contributed by atoms with Crippen LogP contribution in [0.25, 0.3) is 0 Å². The van der Waals surface area contributed by atoms with Crippen LogP contribution >= 0.6 is 0 Å². The SMILES string of the molecule is CC1(C)CC(=O)NC2=CC=C(NC(=O)c3cc(CN4CCOCC4)ccc3N3CCCC3)CC21. The van der Waals surface area contributed by atoms with Crippen molar-refractivity contribution in [3.8, 4) is 0 Å². The normalized spacial score (nSPS) is 24.7. The summed E-state index contributed by atoms with van der Waals surface area (Å²) in [7, 11) is 0. The van der Waals surface area contributed by atoms with E-state index in [2.05, 4.69) is 52.5 Å². The molecule has 0 saturated carbocycles.